The molecule has 0 bridgehead atoms. The molecule has 2 aromatic heterocycles. The van der Waals surface area contributed by atoms with Gasteiger partial charge in [0.1, 0.15) is 23.8 Å². The highest BCUT2D eigenvalue weighted by Crippen LogP contribution is 2.27. The Balaban J connectivity index is 1.22. The summed E-state index contributed by atoms with van der Waals surface area (Å²) in [7, 11) is 0. The molecule has 0 saturated heterocycles. The average Bonchev–Trinajstić information content (AvgIpc) is 3.71. The summed E-state index contributed by atoms with van der Waals surface area (Å²) in [5.41, 5.74) is 2.50. The summed E-state index contributed by atoms with van der Waals surface area (Å²) < 4.78 is 27.2. The highest BCUT2D eigenvalue weighted by Gasteiger charge is 2.25. The van der Waals surface area contributed by atoms with Crippen LogP contribution in [0.25, 0.3) is 28.5 Å². The minimum atomic E-state index is -1.39. The largest absolute Gasteiger partial charge is 0.480 e. The van der Waals surface area contributed by atoms with Crippen LogP contribution in [0.4, 0.5) is 14.9 Å². The second kappa shape index (κ2) is 13.7. The smallest absolute Gasteiger partial charge is 0.412 e. The zero-order valence-corrected chi connectivity index (χ0v) is 27.8. The van der Waals surface area contributed by atoms with Crippen molar-refractivity contribution in [2.24, 2.45) is 0 Å². The lowest BCUT2D eigenvalue weighted by Crippen LogP contribution is -2.42. The fraction of sp³-hybridized carbons (Fsp3) is 0.286. The summed E-state index contributed by atoms with van der Waals surface area (Å²) in [6.45, 7) is 11.6. The van der Waals surface area contributed by atoms with E-state index >= 15 is 4.39 Å². The number of carboxylic acids is 1. The molecule has 2 heterocycles. The van der Waals surface area contributed by atoms with Crippen molar-refractivity contribution in [2.45, 2.75) is 65.0 Å². The van der Waals surface area contributed by atoms with E-state index in [1.165, 1.54) is 23.1 Å². The first-order chi connectivity index (χ1) is 23.1. The van der Waals surface area contributed by atoms with Crippen LogP contribution in [-0.2, 0) is 21.4 Å². The maximum atomic E-state index is 15.2. The normalized spacial score (nSPS) is 12.3. The van der Waals surface area contributed by atoms with Gasteiger partial charge >= 0.3 is 12.1 Å². The molecule has 3 aromatic carbocycles. The molecule has 0 aliphatic carbocycles. The van der Waals surface area contributed by atoms with Gasteiger partial charge in [-0.3, -0.25) is 10.1 Å². The minimum Gasteiger partial charge on any atom is -0.480 e. The number of carbonyl (C=O) groups excluding carboxylic acids is 2. The van der Waals surface area contributed by atoms with E-state index in [2.05, 4.69) is 51.6 Å². The Morgan fingerprint density at radius 1 is 0.980 bits per heavy atom. The van der Waals surface area contributed by atoms with Crippen LogP contribution in [0, 0.1) is 5.82 Å². The Labute approximate surface area is 281 Å². The lowest BCUT2D eigenvalue weighted by atomic mass is 9.87. The van der Waals surface area contributed by atoms with Crippen molar-refractivity contribution in [3.63, 3.8) is 0 Å². The average molecular weight is 670 g/mol. The number of amides is 2. The van der Waals surface area contributed by atoms with Crippen molar-refractivity contribution < 1.29 is 33.1 Å². The Morgan fingerprint density at radius 2 is 1.67 bits per heavy atom. The van der Waals surface area contributed by atoms with Gasteiger partial charge in [0.05, 0.1) is 11.3 Å². The van der Waals surface area contributed by atoms with Crippen LogP contribution in [0.3, 0.4) is 0 Å². The van der Waals surface area contributed by atoms with Crippen molar-refractivity contribution >= 4 is 23.7 Å². The van der Waals surface area contributed by atoms with Gasteiger partial charge in [-0.1, -0.05) is 44.1 Å². The van der Waals surface area contributed by atoms with Gasteiger partial charge in [-0.2, -0.15) is 4.98 Å². The van der Waals surface area contributed by atoms with Gasteiger partial charge in [0.15, 0.2) is 0 Å². The first kappa shape index (κ1) is 34.4. The number of hydrogen-bond acceptors (Lipinski definition) is 9. The lowest BCUT2D eigenvalue weighted by Gasteiger charge is -2.19. The first-order valence-electron chi connectivity index (χ1n) is 15.3. The number of carbonyl (C=O) groups is 3. The molecule has 0 fully saturated rings. The van der Waals surface area contributed by atoms with Crippen molar-refractivity contribution in [2.75, 3.05) is 5.32 Å². The number of rotatable bonds is 9. The molecule has 5 aromatic rings. The van der Waals surface area contributed by atoms with E-state index in [0.29, 0.717) is 22.5 Å². The Kier molecular flexibility index (Phi) is 9.60. The predicted octanol–water partition coefficient (Wildman–Crippen LogP) is 6.19. The van der Waals surface area contributed by atoms with Crippen molar-refractivity contribution in [3.8, 4) is 28.5 Å². The molecule has 13 nitrogen and oxygen atoms in total. The van der Waals surface area contributed by atoms with E-state index < -0.39 is 35.4 Å². The lowest BCUT2D eigenvalue weighted by molar-refractivity contribution is -0.139. The Hall–Kier alpha value is -5.92. The monoisotopic (exact) mass is 669 g/mol. The number of halogens is 1. The molecule has 0 saturated carbocycles. The minimum absolute atomic E-state index is 0.0206. The van der Waals surface area contributed by atoms with Crippen molar-refractivity contribution in [3.05, 3.63) is 95.8 Å². The van der Waals surface area contributed by atoms with E-state index in [4.69, 9.17) is 9.26 Å². The van der Waals surface area contributed by atoms with Crippen LogP contribution < -0.4 is 10.6 Å². The number of benzene rings is 3. The second-order valence-electron chi connectivity index (χ2n) is 13.3. The molecule has 49 heavy (non-hydrogen) atoms. The summed E-state index contributed by atoms with van der Waals surface area (Å²) in [5, 5.41) is 22.9. The molecule has 5 rings (SSSR count). The molecule has 3 N–H and O–H groups in total. The summed E-state index contributed by atoms with van der Waals surface area (Å²) in [5.74, 6) is -2.93. The van der Waals surface area contributed by atoms with E-state index in [0.717, 1.165) is 11.6 Å². The summed E-state index contributed by atoms with van der Waals surface area (Å²) >= 11 is 0. The zero-order chi connectivity index (χ0) is 35.5. The summed E-state index contributed by atoms with van der Waals surface area (Å²) in [6.07, 6.45) is 0.556. The van der Waals surface area contributed by atoms with Crippen LogP contribution >= 0.6 is 0 Å². The van der Waals surface area contributed by atoms with Crippen molar-refractivity contribution in [1.29, 1.82) is 0 Å². The summed E-state index contributed by atoms with van der Waals surface area (Å²) in [6, 6.07) is 16.9. The molecule has 1 atom stereocenters. The second-order valence-corrected chi connectivity index (χ2v) is 13.3. The zero-order valence-electron chi connectivity index (χ0n) is 27.8. The summed E-state index contributed by atoms with van der Waals surface area (Å²) in [4.78, 5) is 45.2. The highest BCUT2D eigenvalue weighted by atomic mass is 19.1. The number of carboxylic acid groups (broad SMARTS) is 1. The fourth-order valence-corrected chi connectivity index (χ4v) is 4.70. The quantitative estimate of drug-likeness (QED) is 0.164. The van der Waals surface area contributed by atoms with Crippen LogP contribution in [0.15, 0.2) is 77.6 Å². The van der Waals surface area contributed by atoms with Gasteiger partial charge in [0.2, 0.25) is 11.6 Å². The van der Waals surface area contributed by atoms with Crippen LogP contribution in [-0.4, -0.2) is 59.6 Å². The molecular weight excluding hydrogens is 633 g/mol. The Morgan fingerprint density at radius 3 is 2.29 bits per heavy atom. The molecule has 254 valence electrons. The third-order valence-electron chi connectivity index (χ3n) is 7.21. The van der Waals surface area contributed by atoms with Crippen LogP contribution in [0.1, 0.15) is 63.3 Å². The maximum Gasteiger partial charge on any atom is 0.412 e. The van der Waals surface area contributed by atoms with Crippen LogP contribution in [0.5, 0.6) is 0 Å². The highest BCUT2D eigenvalue weighted by molar-refractivity contribution is 5.93. The Bertz CT molecular complexity index is 1970. The molecule has 0 spiro atoms. The standard InChI is InChI=1S/C35H36FN7O6/c1-34(2,3)22-10-14-24(15-11-22)43-19-37-29(41-43)30(44)39-27(32(45)46)18-20-7-16-25(26(36)17-20)28-40-31(49-42-28)21-8-12-23(13-9-21)38-33(47)48-35(4,5)6/h7-17,19,27H,18H2,1-6H3,(H,38,47)(H,39,44)(H,45,46). The van der Waals surface area contributed by atoms with E-state index in [1.54, 1.807) is 45.0 Å². The van der Waals surface area contributed by atoms with Gasteiger partial charge in [-0.15, -0.1) is 5.10 Å². The molecule has 14 heteroatoms. The molecule has 2 amide bonds. The van der Waals surface area contributed by atoms with Gasteiger partial charge in [-0.25, -0.2) is 23.6 Å². The SMILES string of the molecule is CC(C)(C)OC(=O)Nc1ccc(-c2nc(-c3ccc(CC(NC(=O)c4ncn(-c5ccc(C(C)(C)C)cc5)n4)C(=O)O)cc3F)no2)cc1. The topological polar surface area (TPSA) is 174 Å². The molecule has 0 aliphatic heterocycles. The van der Waals surface area contributed by atoms with Crippen LogP contribution in [0.2, 0.25) is 0 Å². The predicted molar refractivity (Wildman–Crippen MR) is 178 cm³/mol. The first-order valence-corrected chi connectivity index (χ1v) is 15.3. The third kappa shape index (κ3) is 8.71. The van der Waals surface area contributed by atoms with E-state index in [1.807, 2.05) is 24.3 Å². The third-order valence-corrected chi connectivity index (χ3v) is 7.21. The number of ether oxygens (including phenoxy) is 1. The van der Waals surface area contributed by atoms with Crippen molar-refractivity contribution in [1.82, 2.24) is 30.2 Å². The van der Waals surface area contributed by atoms with E-state index in [9.17, 15) is 19.5 Å². The molecule has 0 aliphatic rings. The molecule has 1 unspecified atom stereocenters. The fourth-order valence-electron chi connectivity index (χ4n) is 4.70. The number of nitrogens with zero attached hydrogens (tertiary/aromatic N) is 5. The number of aliphatic carboxylic acids is 1. The number of nitrogens with one attached hydrogen (secondary N) is 2. The number of hydrogen-bond donors (Lipinski definition) is 3. The maximum absolute atomic E-state index is 15.2. The van der Waals surface area contributed by atoms with E-state index in [-0.39, 0.29) is 34.9 Å². The number of aromatic nitrogens is 5. The van der Waals surface area contributed by atoms with Gasteiger partial charge in [-0.05, 0) is 85.8 Å². The van der Waals surface area contributed by atoms with Gasteiger partial charge < -0.3 is 19.7 Å². The molecule has 0 radical (unpaired) electrons. The van der Waals surface area contributed by atoms with Gasteiger partial charge in [0.25, 0.3) is 11.8 Å². The van der Waals surface area contributed by atoms with Gasteiger partial charge in [0, 0.05) is 17.7 Å². The molecular formula is C35H36FN7O6. The number of anilines is 1.